The fourth-order valence-electron chi connectivity index (χ4n) is 4.38. The number of fused-ring (bicyclic) bond motifs is 3. The Morgan fingerprint density at radius 3 is 2.45 bits per heavy atom. The standard InChI is InChI=1S/C21H20O8/c1-29-13-4-2-3-9-15(13)21(28)17-16(18(9)25)19(26)10-5-8(12(24)7-22)6-11(23)14(10)20(17)27/h2-4,8,11-12,22-24,26-27H,5-7H2,1H3/t8-,11+,12+/m1/s1. The molecule has 0 spiro atoms. The minimum atomic E-state index is -1.29. The first-order valence-electron chi connectivity index (χ1n) is 9.15. The summed E-state index contributed by atoms with van der Waals surface area (Å²) in [7, 11) is 1.35. The average molecular weight is 400 g/mol. The van der Waals surface area contributed by atoms with E-state index in [0.717, 1.165) is 0 Å². The molecule has 0 aromatic heterocycles. The third-order valence-corrected chi connectivity index (χ3v) is 5.82. The van der Waals surface area contributed by atoms with Gasteiger partial charge in [0, 0.05) is 16.7 Å². The molecule has 0 heterocycles. The summed E-state index contributed by atoms with van der Waals surface area (Å²) in [6.45, 7) is -0.533. The van der Waals surface area contributed by atoms with Crippen LogP contribution in [0.3, 0.4) is 0 Å². The maximum Gasteiger partial charge on any atom is 0.202 e. The number of aromatic hydroxyl groups is 2. The van der Waals surface area contributed by atoms with Gasteiger partial charge in [0.15, 0.2) is 5.78 Å². The SMILES string of the molecule is COc1cccc2c1C(=O)c1c(O)c3c(c(O)c1C2=O)C[C@@H]([C@@H](O)CO)C[C@@H]3O. The van der Waals surface area contributed by atoms with Crippen LogP contribution in [0.2, 0.25) is 0 Å². The Balaban J connectivity index is 1.97. The topological polar surface area (TPSA) is 145 Å². The minimum Gasteiger partial charge on any atom is -0.507 e. The van der Waals surface area contributed by atoms with Gasteiger partial charge in [-0.3, -0.25) is 9.59 Å². The zero-order valence-electron chi connectivity index (χ0n) is 15.5. The van der Waals surface area contributed by atoms with Crippen LogP contribution in [0.25, 0.3) is 0 Å². The van der Waals surface area contributed by atoms with Crippen LogP contribution in [-0.2, 0) is 6.42 Å². The number of carbonyl (C=O) groups is 2. The highest BCUT2D eigenvalue weighted by Gasteiger charge is 2.42. The largest absolute Gasteiger partial charge is 0.507 e. The number of rotatable bonds is 3. The monoisotopic (exact) mass is 400 g/mol. The number of phenolic OH excluding ortho intramolecular Hbond substituents is 2. The molecule has 3 atom stereocenters. The third-order valence-electron chi connectivity index (χ3n) is 5.82. The van der Waals surface area contributed by atoms with E-state index in [4.69, 9.17) is 4.74 Å². The van der Waals surface area contributed by atoms with Gasteiger partial charge in [0.25, 0.3) is 0 Å². The molecule has 0 radical (unpaired) electrons. The number of ketones is 2. The number of aliphatic hydroxyl groups is 3. The summed E-state index contributed by atoms with van der Waals surface area (Å²) in [5, 5.41) is 51.4. The zero-order valence-corrected chi connectivity index (χ0v) is 15.5. The Morgan fingerprint density at radius 2 is 1.79 bits per heavy atom. The molecule has 5 N–H and O–H groups in total. The van der Waals surface area contributed by atoms with Crippen LogP contribution >= 0.6 is 0 Å². The minimum absolute atomic E-state index is 0.0129. The number of methoxy groups -OCH3 is 1. The highest BCUT2D eigenvalue weighted by Crippen LogP contribution is 2.50. The summed E-state index contributed by atoms with van der Waals surface area (Å²) in [6, 6.07) is 4.49. The van der Waals surface area contributed by atoms with Gasteiger partial charge in [-0.05, 0) is 24.8 Å². The number of ether oxygens (including phenoxy) is 1. The van der Waals surface area contributed by atoms with Crippen LogP contribution in [0.1, 0.15) is 55.5 Å². The number of hydrogen-bond acceptors (Lipinski definition) is 8. The van der Waals surface area contributed by atoms with Gasteiger partial charge in [-0.2, -0.15) is 0 Å². The van der Waals surface area contributed by atoms with Gasteiger partial charge in [-0.1, -0.05) is 12.1 Å². The Labute approximate surface area is 165 Å². The molecule has 0 amide bonds. The Bertz CT molecular complexity index is 1040. The van der Waals surface area contributed by atoms with E-state index in [0.29, 0.717) is 0 Å². The summed E-state index contributed by atoms with van der Waals surface area (Å²) >= 11 is 0. The molecule has 2 aliphatic rings. The van der Waals surface area contributed by atoms with Crippen molar-refractivity contribution in [2.45, 2.75) is 25.0 Å². The van der Waals surface area contributed by atoms with Gasteiger partial charge in [-0.25, -0.2) is 0 Å². The summed E-state index contributed by atoms with van der Waals surface area (Å²) in [6.07, 6.45) is -2.39. The van der Waals surface area contributed by atoms with Crippen LogP contribution in [0.15, 0.2) is 18.2 Å². The maximum atomic E-state index is 13.2. The molecule has 0 saturated carbocycles. The molecular formula is C21H20O8. The summed E-state index contributed by atoms with van der Waals surface area (Å²) in [4.78, 5) is 26.3. The van der Waals surface area contributed by atoms with Crippen LogP contribution in [-0.4, -0.2) is 56.9 Å². The normalized spacial score (nSPS) is 21.2. The van der Waals surface area contributed by atoms with Gasteiger partial charge in [0.2, 0.25) is 5.78 Å². The van der Waals surface area contributed by atoms with Crippen molar-refractivity contribution < 1.29 is 39.9 Å². The first-order valence-corrected chi connectivity index (χ1v) is 9.15. The summed E-state index contributed by atoms with van der Waals surface area (Å²) < 4.78 is 5.18. The number of carbonyl (C=O) groups excluding carboxylic acids is 2. The smallest absolute Gasteiger partial charge is 0.202 e. The van der Waals surface area contributed by atoms with E-state index in [1.54, 1.807) is 6.07 Å². The predicted octanol–water partition coefficient (Wildman–Crippen LogP) is 0.831. The molecule has 4 rings (SSSR count). The number of phenols is 2. The fraction of sp³-hybridized carbons (Fsp3) is 0.333. The first-order chi connectivity index (χ1) is 13.8. The summed E-state index contributed by atoms with van der Waals surface area (Å²) in [5.74, 6) is -2.83. The molecule has 29 heavy (non-hydrogen) atoms. The highest BCUT2D eigenvalue weighted by molar-refractivity contribution is 6.31. The predicted molar refractivity (Wildman–Crippen MR) is 99.5 cm³/mol. The molecule has 0 unspecified atom stereocenters. The van der Waals surface area contributed by atoms with Crippen LogP contribution in [0.5, 0.6) is 17.2 Å². The van der Waals surface area contributed by atoms with Crippen molar-refractivity contribution in [3.63, 3.8) is 0 Å². The van der Waals surface area contributed by atoms with E-state index >= 15 is 0 Å². The van der Waals surface area contributed by atoms with Gasteiger partial charge >= 0.3 is 0 Å². The lowest BCUT2D eigenvalue weighted by atomic mass is 9.73. The molecule has 2 aromatic carbocycles. The fourth-order valence-corrected chi connectivity index (χ4v) is 4.38. The van der Waals surface area contributed by atoms with Gasteiger partial charge in [-0.15, -0.1) is 0 Å². The molecule has 0 bridgehead atoms. The Morgan fingerprint density at radius 1 is 1.10 bits per heavy atom. The van der Waals surface area contributed by atoms with Crippen molar-refractivity contribution in [1.82, 2.24) is 0 Å². The average Bonchev–Trinajstić information content (AvgIpc) is 2.72. The van der Waals surface area contributed by atoms with Crippen LogP contribution < -0.4 is 4.74 Å². The van der Waals surface area contributed by atoms with Crippen molar-refractivity contribution in [1.29, 1.82) is 0 Å². The maximum absolute atomic E-state index is 13.2. The quantitative estimate of drug-likeness (QED) is 0.407. The molecule has 2 aromatic rings. The van der Waals surface area contributed by atoms with E-state index in [-0.39, 0.29) is 52.0 Å². The van der Waals surface area contributed by atoms with Gasteiger partial charge in [0.1, 0.15) is 17.2 Å². The number of benzene rings is 2. The molecule has 8 heteroatoms. The van der Waals surface area contributed by atoms with Crippen molar-refractivity contribution in [3.8, 4) is 17.2 Å². The lowest BCUT2D eigenvalue weighted by Gasteiger charge is -2.34. The molecule has 152 valence electrons. The van der Waals surface area contributed by atoms with Crippen LogP contribution in [0.4, 0.5) is 0 Å². The second-order valence-corrected chi connectivity index (χ2v) is 7.35. The Kier molecular flexibility index (Phi) is 4.57. The molecule has 0 aliphatic heterocycles. The molecule has 0 saturated heterocycles. The summed E-state index contributed by atoms with van der Waals surface area (Å²) in [5.41, 5.74) is -0.630. The lowest BCUT2D eigenvalue weighted by molar-refractivity contribution is 0.0146. The molecule has 0 fully saturated rings. The van der Waals surface area contributed by atoms with E-state index in [1.165, 1.54) is 19.2 Å². The Hall–Kier alpha value is -2.94. The molecule has 2 aliphatic carbocycles. The van der Waals surface area contributed by atoms with E-state index < -0.39 is 47.8 Å². The van der Waals surface area contributed by atoms with Gasteiger partial charge < -0.3 is 30.3 Å². The zero-order chi connectivity index (χ0) is 21.0. The second kappa shape index (κ2) is 6.84. The van der Waals surface area contributed by atoms with E-state index in [1.807, 2.05) is 0 Å². The van der Waals surface area contributed by atoms with Crippen molar-refractivity contribution in [2.24, 2.45) is 5.92 Å². The second-order valence-electron chi connectivity index (χ2n) is 7.35. The first kappa shape index (κ1) is 19.4. The number of hydrogen-bond donors (Lipinski definition) is 5. The molecular weight excluding hydrogens is 380 g/mol. The van der Waals surface area contributed by atoms with E-state index in [2.05, 4.69) is 0 Å². The van der Waals surface area contributed by atoms with Crippen molar-refractivity contribution in [3.05, 3.63) is 51.6 Å². The lowest BCUT2D eigenvalue weighted by Crippen LogP contribution is -2.32. The number of aliphatic hydroxyl groups excluding tert-OH is 3. The highest BCUT2D eigenvalue weighted by atomic mass is 16.5. The van der Waals surface area contributed by atoms with Crippen LogP contribution in [0, 0.1) is 5.92 Å². The molecule has 8 nitrogen and oxygen atoms in total. The van der Waals surface area contributed by atoms with Crippen molar-refractivity contribution in [2.75, 3.05) is 13.7 Å². The third kappa shape index (κ3) is 2.64. The van der Waals surface area contributed by atoms with E-state index in [9.17, 15) is 35.1 Å². The van der Waals surface area contributed by atoms with Crippen molar-refractivity contribution >= 4 is 11.6 Å². The van der Waals surface area contributed by atoms with Gasteiger partial charge in [0.05, 0.1) is 42.6 Å².